The number of aromatic amines is 1. The number of sulfone groups is 1. The van der Waals surface area contributed by atoms with Crippen molar-refractivity contribution in [2.75, 3.05) is 26.2 Å². The van der Waals surface area contributed by atoms with Gasteiger partial charge in [0.15, 0.2) is 15.1 Å². The molecule has 0 radical (unpaired) electrons. The van der Waals surface area contributed by atoms with Crippen LogP contribution in [0, 0.1) is 0 Å². The quantitative estimate of drug-likeness (QED) is 0.399. The molecule has 30 heavy (non-hydrogen) atoms. The van der Waals surface area contributed by atoms with Gasteiger partial charge in [0.1, 0.15) is 18.1 Å². The number of hydrogen-bond donors (Lipinski definition) is 1. The predicted octanol–water partition coefficient (Wildman–Crippen LogP) is 4.23. The molecule has 0 atom stereocenters. The van der Waals surface area contributed by atoms with Gasteiger partial charge in [-0.05, 0) is 25.2 Å². The Bertz CT molecular complexity index is 1270. The summed E-state index contributed by atoms with van der Waals surface area (Å²) < 4.78 is 34.2. The molecule has 4 aromatic rings. The fourth-order valence-corrected chi connectivity index (χ4v) is 6.35. The number of nitrogens with zero attached hydrogens (tertiary/aromatic N) is 3. The molecule has 3 aromatic heterocycles. The van der Waals surface area contributed by atoms with Crippen molar-refractivity contribution in [3.05, 3.63) is 46.7 Å². The van der Waals surface area contributed by atoms with E-state index in [0.717, 1.165) is 30.5 Å². The van der Waals surface area contributed by atoms with Crippen LogP contribution < -0.4 is 4.74 Å². The van der Waals surface area contributed by atoms with Crippen LogP contribution in [0.1, 0.15) is 19.5 Å². The smallest absolute Gasteiger partial charge is 0.203 e. The number of ether oxygens (including phenoxy) is 1. The largest absolute Gasteiger partial charge is 0.490 e. The Labute approximate surface area is 184 Å². The molecule has 0 bridgehead atoms. The Morgan fingerprint density at radius 1 is 1.27 bits per heavy atom. The number of nitrogens with one attached hydrogen (secondary N) is 1. The van der Waals surface area contributed by atoms with Gasteiger partial charge in [0.25, 0.3) is 0 Å². The van der Waals surface area contributed by atoms with Crippen molar-refractivity contribution < 1.29 is 13.2 Å². The number of aromatic nitrogens is 3. The maximum atomic E-state index is 13.3. The lowest BCUT2D eigenvalue weighted by molar-refractivity contribution is 0.223. The first-order valence-electron chi connectivity index (χ1n) is 9.73. The average Bonchev–Trinajstić information content (AvgIpc) is 3.37. The first-order valence-corrected chi connectivity index (χ1v) is 12.6. The molecule has 1 aromatic carbocycles. The van der Waals surface area contributed by atoms with Crippen molar-refractivity contribution in [3.63, 3.8) is 0 Å². The van der Waals surface area contributed by atoms with Gasteiger partial charge in [-0.2, -0.15) is 0 Å². The van der Waals surface area contributed by atoms with Gasteiger partial charge in [0.2, 0.25) is 9.84 Å². The molecule has 0 unspecified atom stereocenters. The van der Waals surface area contributed by atoms with Crippen LogP contribution in [0.2, 0.25) is 5.15 Å². The molecule has 0 saturated carbocycles. The number of hydrogen-bond acceptors (Lipinski definition) is 6. The zero-order valence-corrected chi connectivity index (χ0v) is 19.1. The van der Waals surface area contributed by atoms with Gasteiger partial charge in [0.05, 0.1) is 5.69 Å². The molecule has 0 aliphatic heterocycles. The van der Waals surface area contributed by atoms with E-state index in [0.29, 0.717) is 23.0 Å². The predicted molar refractivity (Wildman–Crippen MR) is 121 cm³/mol. The average molecular weight is 467 g/mol. The number of H-pyrrole nitrogens is 1. The van der Waals surface area contributed by atoms with Gasteiger partial charge in [-0.25, -0.2) is 13.4 Å². The van der Waals surface area contributed by atoms with E-state index in [-0.39, 0.29) is 15.9 Å². The molecule has 7 nitrogen and oxygen atoms in total. The van der Waals surface area contributed by atoms with Gasteiger partial charge < -0.3 is 14.6 Å². The molecule has 0 fully saturated rings. The SMILES string of the molecule is CCN(CC)CCOc1c(CS(=O)(=O)c2c(Cl)nc3sccn23)[nH]c2ccccc12. The maximum absolute atomic E-state index is 13.3. The Kier molecular flexibility index (Phi) is 6.06. The fourth-order valence-electron chi connectivity index (χ4n) is 3.53. The van der Waals surface area contributed by atoms with E-state index in [2.05, 4.69) is 28.7 Å². The molecule has 10 heteroatoms. The van der Waals surface area contributed by atoms with Gasteiger partial charge in [0, 0.05) is 29.0 Å². The second kappa shape index (κ2) is 8.58. The number of fused-ring (bicyclic) bond motifs is 2. The van der Waals surface area contributed by atoms with Crippen LogP contribution >= 0.6 is 22.9 Å². The summed E-state index contributed by atoms with van der Waals surface area (Å²) in [5.41, 5.74) is 1.34. The Balaban J connectivity index is 1.68. The summed E-state index contributed by atoms with van der Waals surface area (Å²) in [5, 5.41) is 2.64. The molecule has 0 aliphatic carbocycles. The topological polar surface area (TPSA) is 79.7 Å². The molecule has 0 saturated heterocycles. The minimum absolute atomic E-state index is 0.00756. The summed E-state index contributed by atoms with van der Waals surface area (Å²) in [7, 11) is -3.76. The van der Waals surface area contributed by atoms with Crippen LogP contribution in [0.25, 0.3) is 15.9 Å². The third kappa shape index (κ3) is 3.94. The maximum Gasteiger partial charge on any atom is 0.203 e. The molecule has 160 valence electrons. The molecule has 3 heterocycles. The summed E-state index contributed by atoms with van der Waals surface area (Å²) in [6.07, 6.45) is 1.67. The second-order valence-corrected chi connectivity index (χ2v) is 10.0. The van der Waals surface area contributed by atoms with Gasteiger partial charge in [-0.3, -0.25) is 4.40 Å². The highest BCUT2D eigenvalue weighted by Gasteiger charge is 2.28. The fraction of sp³-hybridized carbons (Fsp3) is 0.350. The third-order valence-corrected chi connectivity index (χ3v) is 7.87. The molecule has 1 N–H and O–H groups in total. The normalized spacial score (nSPS) is 12.4. The van der Waals surface area contributed by atoms with Crippen molar-refractivity contribution in [3.8, 4) is 5.75 Å². The summed E-state index contributed by atoms with van der Waals surface area (Å²) in [5.74, 6) is 0.314. The number of thiazole rings is 1. The first-order chi connectivity index (χ1) is 14.4. The van der Waals surface area contributed by atoms with E-state index in [1.807, 2.05) is 24.3 Å². The van der Waals surface area contributed by atoms with Crippen molar-refractivity contribution in [2.45, 2.75) is 24.6 Å². The molecular formula is C20H23ClN4O3S2. The number of rotatable bonds is 9. The summed E-state index contributed by atoms with van der Waals surface area (Å²) in [6.45, 7) is 7.32. The lowest BCUT2D eigenvalue weighted by atomic mass is 10.2. The highest BCUT2D eigenvalue weighted by atomic mass is 35.5. The van der Waals surface area contributed by atoms with Crippen LogP contribution in [0.15, 0.2) is 40.9 Å². The van der Waals surface area contributed by atoms with Crippen LogP contribution in [0.4, 0.5) is 0 Å². The molecule has 0 aliphatic rings. The Morgan fingerprint density at radius 3 is 2.80 bits per heavy atom. The van der Waals surface area contributed by atoms with Gasteiger partial charge in [-0.1, -0.05) is 37.6 Å². The molecular weight excluding hydrogens is 444 g/mol. The first kappa shape index (κ1) is 21.2. The summed E-state index contributed by atoms with van der Waals surface area (Å²) in [6, 6.07) is 7.65. The Hall–Kier alpha value is -2.07. The number of para-hydroxylation sites is 1. The van der Waals surface area contributed by atoms with E-state index in [9.17, 15) is 8.42 Å². The minimum atomic E-state index is -3.76. The van der Waals surface area contributed by atoms with E-state index >= 15 is 0 Å². The Morgan fingerprint density at radius 2 is 2.03 bits per heavy atom. The number of benzene rings is 1. The van der Waals surface area contributed by atoms with Crippen molar-refractivity contribution in [1.29, 1.82) is 0 Å². The third-order valence-electron chi connectivity index (χ3n) is 5.09. The standard InChI is InChI=1S/C20H23ClN4O3S2/c1-3-24(4-2)9-11-28-17-14-7-5-6-8-15(14)22-16(17)13-30(26,27)19-18(21)23-20-25(19)10-12-29-20/h5-8,10,12,22H,3-4,9,11,13H2,1-2H3. The van der Waals surface area contributed by atoms with Gasteiger partial charge >= 0.3 is 0 Å². The van der Waals surface area contributed by atoms with E-state index in [4.69, 9.17) is 16.3 Å². The van der Waals surface area contributed by atoms with Crippen LogP contribution in [-0.4, -0.2) is 53.9 Å². The van der Waals surface area contributed by atoms with Gasteiger partial charge in [-0.15, -0.1) is 11.3 Å². The zero-order valence-electron chi connectivity index (χ0n) is 16.8. The van der Waals surface area contributed by atoms with Crippen molar-refractivity contribution in [2.24, 2.45) is 0 Å². The zero-order chi connectivity index (χ0) is 21.3. The highest BCUT2D eigenvalue weighted by molar-refractivity contribution is 7.90. The van der Waals surface area contributed by atoms with Crippen molar-refractivity contribution >= 4 is 48.6 Å². The number of halogens is 1. The summed E-state index contributed by atoms with van der Waals surface area (Å²) in [4.78, 5) is 10.2. The van der Waals surface area contributed by atoms with E-state index < -0.39 is 9.84 Å². The minimum Gasteiger partial charge on any atom is -0.490 e. The van der Waals surface area contributed by atoms with Crippen LogP contribution in [0.5, 0.6) is 5.75 Å². The lowest BCUT2D eigenvalue weighted by Gasteiger charge is -2.18. The van der Waals surface area contributed by atoms with E-state index in [1.54, 1.807) is 11.6 Å². The molecule has 0 amide bonds. The van der Waals surface area contributed by atoms with E-state index in [1.165, 1.54) is 15.7 Å². The monoisotopic (exact) mass is 466 g/mol. The van der Waals surface area contributed by atoms with Crippen molar-refractivity contribution in [1.82, 2.24) is 19.3 Å². The molecule has 0 spiro atoms. The number of imidazole rings is 1. The summed E-state index contributed by atoms with van der Waals surface area (Å²) >= 11 is 7.51. The lowest BCUT2D eigenvalue weighted by Crippen LogP contribution is -2.28. The number of likely N-dealkylation sites (N-methyl/N-ethyl adjacent to an activating group) is 1. The second-order valence-electron chi connectivity index (χ2n) is 6.88. The molecule has 4 rings (SSSR count). The highest BCUT2D eigenvalue weighted by Crippen LogP contribution is 2.34. The van der Waals surface area contributed by atoms with Crippen LogP contribution in [0.3, 0.4) is 0 Å². The van der Waals surface area contributed by atoms with Crippen LogP contribution in [-0.2, 0) is 15.6 Å².